The monoisotopic (exact) mass is 1030 g/mol. The van der Waals surface area contributed by atoms with Gasteiger partial charge >= 0.3 is 0 Å². The van der Waals surface area contributed by atoms with Crippen LogP contribution in [0.5, 0.6) is 34.5 Å². The highest BCUT2D eigenvalue weighted by Crippen LogP contribution is 2.39. The van der Waals surface area contributed by atoms with Gasteiger partial charge in [-0.25, -0.2) is 4.98 Å². The summed E-state index contributed by atoms with van der Waals surface area (Å²) < 4.78 is 38.3. The minimum absolute atomic E-state index is 0.282. The topological polar surface area (TPSA) is 136 Å². The molecule has 18 bridgehead atoms. The number of nitrogens with zero attached hydrogens (tertiary/aromatic N) is 1. The summed E-state index contributed by atoms with van der Waals surface area (Å²) in [6.07, 6.45) is 4.27. The molecule has 0 unspecified atom stereocenters. The highest BCUT2D eigenvalue weighted by Gasteiger charge is 2.19. The van der Waals surface area contributed by atoms with Gasteiger partial charge < -0.3 is 54.3 Å². The van der Waals surface area contributed by atoms with Crippen LogP contribution in [0.2, 0.25) is 0 Å². The third-order valence-corrected chi connectivity index (χ3v) is 14.1. The number of hydrogen-bond donors (Lipinski definition) is 5. The molecule has 10 aromatic rings. The van der Waals surface area contributed by atoms with Gasteiger partial charge in [-0.3, -0.25) is 0 Å². The van der Waals surface area contributed by atoms with E-state index in [2.05, 4.69) is 153 Å². The molecule has 0 atom stereocenters. The van der Waals surface area contributed by atoms with E-state index in [9.17, 15) is 0 Å². The predicted octanol–water partition coefficient (Wildman–Crippen LogP) is 14.5. The number of benzene rings is 7. The number of para-hydroxylation sites is 3. The van der Waals surface area contributed by atoms with Crippen LogP contribution in [0.25, 0.3) is 67.6 Å². The van der Waals surface area contributed by atoms with Crippen molar-refractivity contribution in [1.82, 2.24) is 15.0 Å². The first kappa shape index (κ1) is 47.9. The van der Waals surface area contributed by atoms with Crippen molar-refractivity contribution in [3.05, 3.63) is 216 Å². The average Bonchev–Trinajstić information content (AvgIpc) is 4.38. The maximum atomic E-state index is 6.41. The average molecular weight is 1030 g/mol. The number of fused-ring (bicyclic) bond motifs is 12. The summed E-state index contributed by atoms with van der Waals surface area (Å²) in [6, 6.07) is 64.2. The van der Waals surface area contributed by atoms with Gasteiger partial charge in [0, 0.05) is 110 Å². The lowest BCUT2D eigenvalue weighted by atomic mass is 10.0. The lowest BCUT2D eigenvalue weighted by Crippen LogP contribution is -2.13. The molecule has 4 aliphatic heterocycles. The van der Waals surface area contributed by atoms with Crippen LogP contribution in [-0.4, -0.2) is 54.6 Å². The number of rotatable bonds is 0. The van der Waals surface area contributed by atoms with Gasteiger partial charge in [-0.05, 0) is 108 Å². The summed E-state index contributed by atoms with van der Waals surface area (Å²) in [5.74, 6) is 4.06. The molecule has 0 saturated carbocycles. The van der Waals surface area contributed by atoms with E-state index in [4.69, 9.17) is 33.4 Å². The van der Waals surface area contributed by atoms with Crippen molar-refractivity contribution in [2.45, 2.75) is 19.6 Å². The zero-order valence-electron chi connectivity index (χ0n) is 42.8. The maximum Gasteiger partial charge on any atom is 0.126 e. The standard InChI is InChI=1S/C66H56N6O6/c1-4-19-61-46(10-1)40-67-49-16-7-13-43(34-49)64-55-22-24-57(70-55)65-44-14-8-17-50(35-44)68-41-47-11-2-5-20-62(47)77-32-29-74-53-37-52(73-28-31-76-61)38-54(39-53)75-30-33-78-63-21-6-3-12-48(63)42-69-51-18-9-15-45(36-51)66(58-25-23-56(64)71-58)60-27-26-59(65)72-60/h1-27,34-39,67-71H,28-33,40-42H2. The fourth-order valence-electron chi connectivity index (χ4n) is 10.4. The SMILES string of the molecule is C1=Cc2nc1c1c3ccc([nH]3)c3c4ccc([nH]4)c2-c2cccc(c2)NCc2ccccc2OCCOc2cc(cc(c2)OCCOc2ccccc2CNc2cccc-3c2)OCCOc2ccccc2CNc2cccc-1c2. The van der Waals surface area contributed by atoms with E-state index >= 15 is 0 Å². The van der Waals surface area contributed by atoms with Crippen LogP contribution in [0.1, 0.15) is 28.1 Å². The van der Waals surface area contributed by atoms with Crippen LogP contribution in [0.15, 0.2) is 188 Å². The highest BCUT2D eigenvalue weighted by atomic mass is 16.5. The Kier molecular flexibility index (Phi) is 13.4. The molecule has 5 N–H and O–H groups in total. The number of aromatic nitrogens is 3. The molecular weight excluding hydrogens is 973 g/mol. The van der Waals surface area contributed by atoms with Gasteiger partial charge in [-0.15, -0.1) is 0 Å². The summed E-state index contributed by atoms with van der Waals surface area (Å²) in [7, 11) is 0. The normalized spacial score (nSPS) is 14.1. The minimum Gasteiger partial charge on any atom is -0.490 e. The summed E-state index contributed by atoms with van der Waals surface area (Å²) in [4.78, 5) is 13.3. The number of hydrogen-bond acceptors (Lipinski definition) is 10. The molecule has 0 spiro atoms. The van der Waals surface area contributed by atoms with Crippen LogP contribution >= 0.6 is 0 Å². The van der Waals surface area contributed by atoms with Gasteiger partial charge in [0.05, 0.1) is 11.4 Å². The first-order valence-electron chi connectivity index (χ1n) is 26.4. The fraction of sp³-hybridized carbons (Fsp3) is 0.136. The Bertz CT molecular complexity index is 3740. The van der Waals surface area contributed by atoms with E-state index in [-0.39, 0.29) is 19.8 Å². The van der Waals surface area contributed by atoms with E-state index in [1.807, 2.05) is 72.8 Å². The highest BCUT2D eigenvalue weighted by molar-refractivity contribution is 6.00. The predicted molar refractivity (Wildman–Crippen MR) is 312 cm³/mol. The first-order valence-corrected chi connectivity index (χ1v) is 26.4. The summed E-state index contributed by atoms with van der Waals surface area (Å²) in [6.45, 7) is 3.36. The Balaban J connectivity index is 0.994. The molecule has 0 amide bonds. The molecule has 12 heteroatoms. The summed E-state index contributed by atoms with van der Waals surface area (Å²) in [5, 5.41) is 11.1. The molecule has 3 aromatic heterocycles. The Morgan fingerprint density at radius 3 is 1.03 bits per heavy atom. The van der Waals surface area contributed by atoms with E-state index in [1.54, 1.807) is 0 Å². The molecule has 12 nitrogen and oxygen atoms in total. The summed E-state index contributed by atoms with van der Waals surface area (Å²) in [5.41, 5.74) is 17.4. The van der Waals surface area contributed by atoms with Crippen molar-refractivity contribution >= 4 is 51.3 Å². The molecule has 0 saturated heterocycles. The number of aromatic amines is 2. The minimum atomic E-state index is 0.282. The Labute approximate surface area is 452 Å². The largest absolute Gasteiger partial charge is 0.490 e. The van der Waals surface area contributed by atoms with Crippen molar-refractivity contribution < 1.29 is 28.4 Å². The molecule has 14 rings (SSSR count). The second-order valence-electron chi connectivity index (χ2n) is 19.3. The van der Waals surface area contributed by atoms with Crippen molar-refractivity contribution in [2.75, 3.05) is 55.6 Å². The van der Waals surface area contributed by atoms with Gasteiger partial charge in [-0.1, -0.05) is 91.0 Å². The molecule has 386 valence electrons. The zero-order valence-corrected chi connectivity index (χ0v) is 42.8. The Morgan fingerprint density at radius 1 is 0.308 bits per heavy atom. The van der Waals surface area contributed by atoms with Gasteiger partial charge in [0.2, 0.25) is 0 Å². The first-order chi connectivity index (χ1) is 38.6. The van der Waals surface area contributed by atoms with Crippen LogP contribution in [0.3, 0.4) is 0 Å². The maximum absolute atomic E-state index is 6.41. The number of H-pyrrole nitrogens is 2. The third kappa shape index (κ3) is 10.4. The van der Waals surface area contributed by atoms with Crippen LogP contribution in [-0.2, 0) is 19.6 Å². The summed E-state index contributed by atoms with van der Waals surface area (Å²) >= 11 is 0. The molecule has 0 radical (unpaired) electrons. The van der Waals surface area contributed by atoms with Crippen molar-refractivity contribution in [2.24, 2.45) is 0 Å². The van der Waals surface area contributed by atoms with Crippen LogP contribution in [0, 0.1) is 0 Å². The second-order valence-corrected chi connectivity index (χ2v) is 19.3. The van der Waals surface area contributed by atoms with Gasteiger partial charge in [0.1, 0.15) is 74.1 Å². The van der Waals surface area contributed by atoms with Crippen molar-refractivity contribution in [3.8, 4) is 67.9 Å². The van der Waals surface area contributed by atoms with E-state index in [1.165, 1.54) is 0 Å². The lowest BCUT2D eigenvalue weighted by Gasteiger charge is -2.16. The van der Waals surface area contributed by atoms with Crippen molar-refractivity contribution in [1.29, 1.82) is 0 Å². The molecule has 7 aromatic carbocycles. The molecular formula is C66H56N6O6. The molecule has 4 aliphatic rings. The van der Waals surface area contributed by atoms with E-state index in [0.717, 1.165) is 118 Å². The quantitative estimate of drug-likeness (QED) is 0.0999. The number of nitrogens with one attached hydrogen (secondary N) is 5. The second kappa shape index (κ2) is 21.8. The number of anilines is 3. The molecule has 0 aliphatic carbocycles. The fourth-order valence-corrected chi connectivity index (χ4v) is 10.4. The molecule has 78 heavy (non-hydrogen) atoms. The number of ether oxygens (including phenoxy) is 6. The van der Waals surface area contributed by atoms with Gasteiger partial charge in [-0.2, -0.15) is 0 Å². The molecule has 0 fully saturated rings. The Morgan fingerprint density at radius 2 is 0.641 bits per heavy atom. The lowest BCUT2D eigenvalue weighted by molar-refractivity contribution is 0.201. The van der Waals surface area contributed by atoms with Gasteiger partial charge in [0.15, 0.2) is 0 Å². The van der Waals surface area contributed by atoms with Crippen molar-refractivity contribution in [3.63, 3.8) is 0 Å². The molecule has 7 heterocycles. The van der Waals surface area contributed by atoms with E-state index < -0.39 is 0 Å². The van der Waals surface area contributed by atoms with Gasteiger partial charge in [0.25, 0.3) is 0 Å². The zero-order chi connectivity index (χ0) is 52.0. The third-order valence-electron chi connectivity index (χ3n) is 14.1. The van der Waals surface area contributed by atoms with Crippen LogP contribution in [0.4, 0.5) is 17.1 Å². The Hall–Kier alpha value is -9.81. The smallest absolute Gasteiger partial charge is 0.126 e. The van der Waals surface area contributed by atoms with E-state index in [0.29, 0.717) is 56.7 Å². The van der Waals surface area contributed by atoms with Crippen LogP contribution < -0.4 is 44.4 Å².